The monoisotopic (exact) mass is 509 g/mol. The van der Waals surface area contributed by atoms with Crippen LogP contribution in [0.25, 0.3) is 6.08 Å². The van der Waals surface area contributed by atoms with Gasteiger partial charge in [0, 0.05) is 36.0 Å². The molecule has 6 nitrogen and oxygen atoms in total. The minimum absolute atomic E-state index is 0.126. The van der Waals surface area contributed by atoms with Crippen LogP contribution in [0.1, 0.15) is 28.0 Å². The highest BCUT2D eigenvalue weighted by atomic mass is 32.2. The number of amides is 2. The van der Waals surface area contributed by atoms with Crippen LogP contribution in [0.2, 0.25) is 0 Å². The molecule has 4 rings (SSSR count). The summed E-state index contributed by atoms with van der Waals surface area (Å²) in [4.78, 5) is 32.7. The second-order valence-corrected chi connectivity index (χ2v) is 10.5. The Morgan fingerprint density at radius 2 is 2.06 bits per heavy atom. The molecule has 1 fully saturated rings. The van der Waals surface area contributed by atoms with E-state index in [4.69, 9.17) is 17.0 Å². The number of hydrogen-bond donors (Lipinski definition) is 1. The summed E-state index contributed by atoms with van der Waals surface area (Å²) in [5.74, 6) is 0.264. The molecule has 34 heavy (non-hydrogen) atoms. The van der Waals surface area contributed by atoms with Crippen molar-refractivity contribution in [3.05, 3.63) is 81.2 Å². The smallest absolute Gasteiger partial charge is 0.266 e. The molecule has 2 amide bonds. The van der Waals surface area contributed by atoms with Crippen LogP contribution in [-0.4, -0.2) is 39.7 Å². The summed E-state index contributed by atoms with van der Waals surface area (Å²) in [6.45, 7) is 2.27. The molecular formula is C25H23N3O3S3. The summed E-state index contributed by atoms with van der Waals surface area (Å²) in [7, 11) is 1.59. The number of thiocarbonyl (C=S) groups is 1. The predicted octanol–water partition coefficient (Wildman–Crippen LogP) is 5.28. The van der Waals surface area contributed by atoms with Crippen LogP contribution in [-0.2, 0) is 16.0 Å². The minimum atomic E-state index is -0.209. The molecule has 1 aliphatic rings. The van der Waals surface area contributed by atoms with E-state index in [0.717, 1.165) is 16.9 Å². The number of anilines is 1. The van der Waals surface area contributed by atoms with Gasteiger partial charge in [0.1, 0.15) is 10.1 Å². The second kappa shape index (κ2) is 10.9. The van der Waals surface area contributed by atoms with E-state index >= 15 is 0 Å². The number of rotatable bonds is 8. The summed E-state index contributed by atoms with van der Waals surface area (Å²) in [6.07, 6.45) is 4.45. The number of thioether (sulfide) groups is 1. The molecule has 1 N–H and O–H groups in total. The van der Waals surface area contributed by atoms with Crippen LogP contribution in [0.15, 0.2) is 59.6 Å². The van der Waals surface area contributed by atoms with Gasteiger partial charge < -0.3 is 10.1 Å². The number of nitrogens with zero attached hydrogens (tertiary/aromatic N) is 2. The summed E-state index contributed by atoms with van der Waals surface area (Å²) in [5, 5.41) is 3.38. The Hall–Kier alpha value is -3.01. The minimum Gasteiger partial charge on any atom is -0.496 e. The van der Waals surface area contributed by atoms with Gasteiger partial charge in [-0.15, -0.1) is 11.3 Å². The Kier molecular flexibility index (Phi) is 7.77. The highest BCUT2D eigenvalue weighted by Crippen LogP contribution is 2.34. The molecule has 9 heteroatoms. The Morgan fingerprint density at radius 3 is 2.85 bits per heavy atom. The predicted molar refractivity (Wildman–Crippen MR) is 142 cm³/mol. The van der Waals surface area contributed by atoms with Gasteiger partial charge in [0.25, 0.3) is 5.91 Å². The number of nitrogens with one attached hydrogen (secondary N) is 1. The lowest BCUT2D eigenvalue weighted by Gasteiger charge is -2.13. The molecule has 0 aliphatic carbocycles. The van der Waals surface area contributed by atoms with Gasteiger partial charge in [-0.2, -0.15) is 0 Å². The summed E-state index contributed by atoms with van der Waals surface area (Å²) < 4.78 is 5.79. The number of para-hydroxylation sites is 1. The molecule has 0 radical (unpaired) electrons. The van der Waals surface area contributed by atoms with Crippen molar-refractivity contribution >= 4 is 62.7 Å². The van der Waals surface area contributed by atoms with Gasteiger partial charge in [-0.1, -0.05) is 72.0 Å². The molecule has 1 aromatic heterocycles. The Balaban J connectivity index is 1.32. The van der Waals surface area contributed by atoms with E-state index in [1.807, 2.05) is 30.3 Å². The van der Waals surface area contributed by atoms with Crippen molar-refractivity contribution in [2.75, 3.05) is 19.0 Å². The second-order valence-electron chi connectivity index (χ2n) is 7.67. The number of aromatic nitrogens is 1. The SMILES string of the molecule is COc1ccccc1C=C1SC(=S)N(CCC(=O)Nc2ncc(Cc3cccc(C)c3)s2)C1=O. The molecule has 0 saturated carbocycles. The van der Waals surface area contributed by atoms with E-state index in [9.17, 15) is 9.59 Å². The Labute approximate surface area is 212 Å². The van der Waals surface area contributed by atoms with Crippen LogP contribution in [0.4, 0.5) is 5.13 Å². The van der Waals surface area contributed by atoms with Gasteiger partial charge in [0.2, 0.25) is 5.91 Å². The van der Waals surface area contributed by atoms with Gasteiger partial charge in [-0.25, -0.2) is 4.98 Å². The van der Waals surface area contributed by atoms with Crippen molar-refractivity contribution < 1.29 is 14.3 Å². The van der Waals surface area contributed by atoms with Crippen molar-refractivity contribution in [2.24, 2.45) is 0 Å². The van der Waals surface area contributed by atoms with Crippen molar-refractivity contribution in [3.8, 4) is 5.75 Å². The standard InChI is InChI=1S/C25H23N3O3S3/c1-16-6-5-7-17(12-16)13-19-15-26-24(33-19)27-22(29)10-11-28-23(30)21(34-25(28)32)14-18-8-3-4-9-20(18)31-2/h3-9,12,14-15H,10-11,13H2,1-2H3,(H,26,27,29). The highest BCUT2D eigenvalue weighted by Gasteiger charge is 2.32. The molecule has 174 valence electrons. The lowest BCUT2D eigenvalue weighted by Crippen LogP contribution is -2.31. The molecule has 2 aromatic carbocycles. The van der Waals surface area contributed by atoms with Crippen molar-refractivity contribution in [1.82, 2.24) is 9.88 Å². The number of aryl methyl sites for hydroxylation is 1. The molecule has 1 aliphatic heterocycles. The molecule has 3 aromatic rings. The molecule has 0 spiro atoms. The van der Waals surface area contributed by atoms with E-state index < -0.39 is 0 Å². The van der Waals surface area contributed by atoms with Crippen LogP contribution in [0.3, 0.4) is 0 Å². The molecule has 0 unspecified atom stereocenters. The summed E-state index contributed by atoms with van der Waals surface area (Å²) in [5.41, 5.74) is 3.22. The van der Waals surface area contributed by atoms with Crippen molar-refractivity contribution in [2.45, 2.75) is 19.8 Å². The average Bonchev–Trinajstić information content (AvgIpc) is 3.35. The fourth-order valence-corrected chi connectivity index (χ4v) is 5.65. The van der Waals surface area contributed by atoms with E-state index in [-0.39, 0.29) is 24.8 Å². The normalized spacial score (nSPS) is 14.6. The summed E-state index contributed by atoms with van der Waals surface area (Å²) >= 11 is 8.06. The van der Waals surface area contributed by atoms with Crippen LogP contribution in [0.5, 0.6) is 5.75 Å². The van der Waals surface area contributed by atoms with Crippen molar-refractivity contribution in [3.63, 3.8) is 0 Å². The number of carbonyl (C=O) groups excluding carboxylic acids is 2. The average molecular weight is 510 g/mol. The van der Waals surface area contributed by atoms with Crippen LogP contribution < -0.4 is 10.1 Å². The number of carbonyl (C=O) groups is 2. The Morgan fingerprint density at radius 1 is 1.24 bits per heavy atom. The zero-order valence-electron chi connectivity index (χ0n) is 18.7. The van der Waals surface area contributed by atoms with Gasteiger partial charge in [-0.3, -0.25) is 14.5 Å². The first kappa shape index (κ1) is 24.1. The molecule has 0 atom stereocenters. The third kappa shape index (κ3) is 5.91. The Bertz CT molecular complexity index is 1270. The van der Waals surface area contributed by atoms with Crippen LogP contribution in [0, 0.1) is 6.92 Å². The number of ether oxygens (including phenoxy) is 1. The molecular weight excluding hydrogens is 486 g/mol. The van der Waals surface area contributed by atoms with Crippen molar-refractivity contribution in [1.29, 1.82) is 0 Å². The van der Waals surface area contributed by atoms with Gasteiger partial charge >= 0.3 is 0 Å². The third-order valence-electron chi connectivity index (χ3n) is 5.12. The van der Waals surface area contributed by atoms with Gasteiger partial charge in [0.15, 0.2) is 5.13 Å². The van der Waals surface area contributed by atoms with E-state index in [0.29, 0.717) is 20.1 Å². The maximum atomic E-state index is 12.9. The number of benzene rings is 2. The van der Waals surface area contributed by atoms with Gasteiger partial charge in [-0.05, 0) is 24.6 Å². The van der Waals surface area contributed by atoms with Gasteiger partial charge in [0.05, 0.1) is 12.0 Å². The van der Waals surface area contributed by atoms with Crippen LogP contribution >= 0.6 is 35.3 Å². The van der Waals surface area contributed by atoms with E-state index in [1.54, 1.807) is 19.4 Å². The first-order valence-corrected chi connectivity index (χ1v) is 12.7. The molecule has 2 heterocycles. The van der Waals surface area contributed by atoms with E-state index in [1.165, 1.54) is 39.1 Å². The lowest BCUT2D eigenvalue weighted by molar-refractivity contribution is -0.122. The highest BCUT2D eigenvalue weighted by molar-refractivity contribution is 8.26. The molecule has 0 bridgehead atoms. The zero-order chi connectivity index (χ0) is 24.1. The number of thiazole rings is 1. The number of methoxy groups -OCH3 is 1. The first-order chi connectivity index (χ1) is 16.4. The first-order valence-electron chi connectivity index (χ1n) is 10.6. The summed E-state index contributed by atoms with van der Waals surface area (Å²) in [6, 6.07) is 15.8. The molecule has 1 saturated heterocycles. The number of hydrogen-bond acceptors (Lipinski definition) is 7. The maximum Gasteiger partial charge on any atom is 0.266 e. The fraction of sp³-hybridized carbons (Fsp3) is 0.200. The largest absolute Gasteiger partial charge is 0.496 e. The quantitative estimate of drug-likeness (QED) is 0.329. The fourth-order valence-electron chi connectivity index (χ4n) is 3.49. The van der Waals surface area contributed by atoms with E-state index in [2.05, 4.69) is 35.4 Å². The third-order valence-corrected chi connectivity index (χ3v) is 7.41. The topological polar surface area (TPSA) is 71.5 Å². The maximum absolute atomic E-state index is 12.9. The zero-order valence-corrected chi connectivity index (χ0v) is 21.2. The lowest BCUT2D eigenvalue weighted by atomic mass is 10.1.